The van der Waals surface area contributed by atoms with Crippen LogP contribution in [-0.4, -0.2) is 11.9 Å². The van der Waals surface area contributed by atoms with E-state index in [1.165, 1.54) is 5.39 Å². The van der Waals surface area contributed by atoms with E-state index in [9.17, 15) is 4.79 Å². The minimum Gasteiger partial charge on any atom is -0.374 e. The molecule has 3 aromatic carbocycles. The van der Waals surface area contributed by atoms with Gasteiger partial charge in [0.05, 0.1) is 0 Å². The van der Waals surface area contributed by atoms with Crippen molar-refractivity contribution in [3.05, 3.63) is 71.8 Å². The van der Waals surface area contributed by atoms with Gasteiger partial charge in [-0.15, -0.1) is 0 Å². The predicted molar refractivity (Wildman–Crippen MR) is 97.1 cm³/mol. The van der Waals surface area contributed by atoms with Gasteiger partial charge in [0, 0.05) is 16.4 Å². The van der Waals surface area contributed by atoms with Crippen molar-refractivity contribution in [2.45, 2.75) is 13.0 Å². The number of hydrogen-bond acceptors (Lipinski definition) is 2. The highest BCUT2D eigenvalue weighted by Gasteiger charge is 2.13. The third-order valence-electron chi connectivity index (χ3n) is 3.62. The van der Waals surface area contributed by atoms with E-state index < -0.39 is 0 Å². The molecule has 0 spiro atoms. The Hall–Kier alpha value is -2.52. The third kappa shape index (κ3) is 3.82. The van der Waals surface area contributed by atoms with E-state index in [4.69, 9.17) is 11.6 Å². The molecule has 2 N–H and O–H groups in total. The molecular formula is C19H17ClN2O. The number of fused-ring (bicyclic) bond motifs is 1. The van der Waals surface area contributed by atoms with Crippen molar-refractivity contribution in [2.75, 3.05) is 10.6 Å². The molecule has 0 unspecified atom stereocenters. The van der Waals surface area contributed by atoms with Crippen molar-refractivity contribution in [2.24, 2.45) is 0 Å². The Kier molecular flexibility index (Phi) is 4.49. The molecule has 0 saturated carbocycles. The van der Waals surface area contributed by atoms with Crippen LogP contribution in [0.2, 0.25) is 5.02 Å². The topological polar surface area (TPSA) is 41.1 Å². The quantitative estimate of drug-likeness (QED) is 0.714. The Morgan fingerprint density at radius 2 is 1.70 bits per heavy atom. The largest absolute Gasteiger partial charge is 0.374 e. The molecule has 1 atom stereocenters. The maximum atomic E-state index is 12.3. The lowest BCUT2D eigenvalue weighted by Crippen LogP contribution is -2.31. The van der Waals surface area contributed by atoms with Crippen molar-refractivity contribution in [1.82, 2.24) is 0 Å². The number of hydrogen-bond donors (Lipinski definition) is 2. The summed E-state index contributed by atoms with van der Waals surface area (Å²) in [6.45, 7) is 1.83. The Labute approximate surface area is 140 Å². The molecule has 4 heteroatoms. The minimum absolute atomic E-state index is 0.111. The summed E-state index contributed by atoms with van der Waals surface area (Å²) in [5.41, 5.74) is 1.60. The first-order valence-electron chi connectivity index (χ1n) is 7.43. The second kappa shape index (κ2) is 6.71. The van der Waals surface area contributed by atoms with Crippen molar-refractivity contribution < 1.29 is 4.79 Å². The lowest BCUT2D eigenvalue weighted by molar-refractivity contribution is -0.116. The van der Waals surface area contributed by atoms with E-state index in [-0.39, 0.29) is 11.9 Å². The summed E-state index contributed by atoms with van der Waals surface area (Å²) < 4.78 is 0. The molecule has 0 aliphatic rings. The molecule has 116 valence electrons. The predicted octanol–water partition coefficient (Wildman–Crippen LogP) is 4.93. The van der Waals surface area contributed by atoms with E-state index in [0.29, 0.717) is 10.7 Å². The summed E-state index contributed by atoms with van der Waals surface area (Å²) in [5, 5.41) is 8.99. The molecule has 0 heterocycles. The highest BCUT2D eigenvalue weighted by atomic mass is 35.5. The normalized spacial score (nSPS) is 11.9. The lowest BCUT2D eigenvalue weighted by Gasteiger charge is -2.16. The van der Waals surface area contributed by atoms with Crippen LogP contribution in [0.15, 0.2) is 66.7 Å². The highest BCUT2D eigenvalue weighted by molar-refractivity contribution is 6.30. The van der Waals surface area contributed by atoms with Crippen LogP contribution in [0, 0.1) is 0 Å². The molecule has 1 amide bonds. The van der Waals surface area contributed by atoms with Crippen LogP contribution in [0.4, 0.5) is 11.4 Å². The van der Waals surface area contributed by atoms with Gasteiger partial charge in [-0.25, -0.2) is 0 Å². The van der Waals surface area contributed by atoms with Gasteiger partial charge in [-0.05, 0) is 48.0 Å². The number of nitrogens with one attached hydrogen (secondary N) is 2. The maximum Gasteiger partial charge on any atom is 0.246 e. The van der Waals surface area contributed by atoms with Gasteiger partial charge < -0.3 is 10.6 Å². The summed E-state index contributed by atoms with van der Waals surface area (Å²) in [6, 6.07) is 20.9. The van der Waals surface area contributed by atoms with Gasteiger partial charge in [0.2, 0.25) is 5.91 Å². The van der Waals surface area contributed by atoms with Gasteiger partial charge in [-0.2, -0.15) is 0 Å². The second-order valence-electron chi connectivity index (χ2n) is 5.43. The summed E-state index contributed by atoms with van der Waals surface area (Å²) in [7, 11) is 0. The number of carbonyl (C=O) groups excluding carboxylic acids is 1. The molecule has 0 saturated heterocycles. The highest BCUT2D eigenvalue weighted by Crippen LogP contribution is 2.20. The molecule has 23 heavy (non-hydrogen) atoms. The van der Waals surface area contributed by atoms with E-state index in [2.05, 4.69) is 22.8 Å². The first-order chi connectivity index (χ1) is 11.1. The molecule has 3 aromatic rings. The molecule has 0 aliphatic carbocycles. The van der Waals surface area contributed by atoms with Gasteiger partial charge in [0.1, 0.15) is 6.04 Å². The van der Waals surface area contributed by atoms with Gasteiger partial charge in [0.15, 0.2) is 0 Å². The Balaban J connectivity index is 1.69. The number of benzene rings is 3. The number of halogens is 1. The van der Waals surface area contributed by atoms with Crippen LogP contribution < -0.4 is 10.6 Å². The first-order valence-corrected chi connectivity index (χ1v) is 7.81. The van der Waals surface area contributed by atoms with Crippen LogP contribution >= 0.6 is 11.6 Å². The molecule has 0 bridgehead atoms. The molecular weight excluding hydrogens is 308 g/mol. The van der Waals surface area contributed by atoms with Crippen molar-refractivity contribution in [1.29, 1.82) is 0 Å². The average molecular weight is 325 g/mol. The third-order valence-corrected chi connectivity index (χ3v) is 3.85. The summed E-state index contributed by atoms with van der Waals surface area (Å²) >= 11 is 5.93. The number of carbonyl (C=O) groups is 1. The van der Waals surface area contributed by atoms with Crippen LogP contribution in [0.1, 0.15) is 6.92 Å². The van der Waals surface area contributed by atoms with E-state index in [0.717, 1.165) is 11.1 Å². The molecule has 3 rings (SSSR count). The fourth-order valence-corrected chi connectivity index (χ4v) is 2.60. The first kappa shape index (κ1) is 15.4. The Morgan fingerprint density at radius 1 is 0.913 bits per heavy atom. The Morgan fingerprint density at radius 3 is 2.48 bits per heavy atom. The standard InChI is InChI=1S/C19H17ClN2O/c1-13(19(23)22-17-8-4-7-16(20)12-17)21-18-10-9-14-5-2-3-6-15(14)11-18/h2-13,21H,1H3,(H,22,23)/t13-/m1/s1. The van der Waals surface area contributed by atoms with Crippen molar-refractivity contribution in [3.63, 3.8) is 0 Å². The zero-order valence-electron chi connectivity index (χ0n) is 12.7. The summed E-state index contributed by atoms with van der Waals surface area (Å²) in [4.78, 5) is 12.3. The van der Waals surface area contributed by atoms with Crippen molar-refractivity contribution >= 4 is 39.7 Å². The van der Waals surface area contributed by atoms with Crippen LogP contribution in [0.5, 0.6) is 0 Å². The monoisotopic (exact) mass is 324 g/mol. The van der Waals surface area contributed by atoms with Crippen LogP contribution in [0.25, 0.3) is 10.8 Å². The molecule has 0 fully saturated rings. The van der Waals surface area contributed by atoms with Gasteiger partial charge in [-0.1, -0.05) is 48.0 Å². The van der Waals surface area contributed by atoms with Gasteiger partial charge in [-0.3, -0.25) is 4.79 Å². The van der Waals surface area contributed by atoms with Gasteiger partial charge >= 0.3 is 0 Å². The second-order valence-corrected chi connectivity index (χ2v) is 5.86. The number of anilines is 2. The SMILES string of the molecule is C[C@@H](Nc1ccc2ccccc2c1)C(=O)Nc1cccc(Cl)c1. The lowest BCUT2D eigenvalue weighted by atomic mass is 10.1. The molecule has 0 aliphatic heterocycles. The molecule has 0 radical (unpaired) electrons. The van der Waals surface area contributed by atoms with E-state index in [1.54, 1.807) is 18.2 Å². The van der Waals surface area contributed by atoms with Crippen molar-refractivity contribution in [3.8, 4) is 0 Å². The van der Waals surface area contributed by atoms with Gasteiger partial charge in [0.25, 0.3) is 0 Å². The summed E-state index contributed by atoms with van der Waals surface area (Å²) in [5.74, 6) is -0.111. The smallest absolute Gasteiger partial charge is 0.246 e. The average Bonchev–Trinajstić information content (AvgIpc) is 2.54. The van der Waals surface area contributed by atoms with Crippen LogP contribution in [-0.2, 0) is 4.79 Å². The number of amides is 1. The maximum absolute atomic E-state index is 12.3. The van der Waals surface area contributed by atoms with Crippen LogP contribution in [0.3, 0.4) is 0 Å². The molecule has 3 nitrogen and oxygen atoms in total. The minimum atomic E-state index is -0.366. The number of rotatable bonds is 4. The van der Waals surface area contributed by atoms with E-state index in [1.807, 2.05) is 43.3 Å². The fourth-order valence-electron chi connectivity index (χ4n) is 2.41. The Bertz CT molecular complexity index is 847. The van der Waals surface area contributed by atoms with E-state index >= 15 is 0 Å². The fraction of sp³-hybridized carbons (Fsp3) is 0.105. The summed E-state index contributed by atoms with van der Waals surface area (Å²) in [6.07, 6.45) is 0. The zero-order valence-corrected chi connectivity index (χ0v) is 13.5. The molecule has 0 aromatic heterocycles. The zero-order chi connectivity index (χ0) is 16.2.